The first-order valence-electron chi connectivity index (χ1n) is 10.4. The van der Waals surface area contributed by atoms with E-state index in [0.29, 0.717) is 17.1 Å². The molecule has 152 valence electrons. The van der Waals surface area contributed by atoms with Crippen molar-refractivity contribution in [2.45, 2.75) is 63.5 Å². The van der Waals surface area contributed by atoms with E-state index in [0.717, 1.165) is 55.1 Å². The molecule has 0 amide bonds. The molecule has 1 saturated carbocycles. The maximum Gasteiger partial charge on any atom is 0.147 e. The molecule has 3 heterocycles. The minimum atomic E-state index is 0.270. The summed E-state index contributed by atoms with van der Waals surface area (Å²) in [5.74, 6) is 1.61. The van der Waals surface area contributed by atoms with Crippen LogP contribution in [0.5, 0.6) is 0 Å². The van der Waals surface area contributed by atoms with Gasteiger partial charge in [-0.3, -0.25) is 0 Å². The fourth-order valence-corrected chi connectivity index (χ4v) is 5.47. The van der Waals surface area contributed by atoms with Crippen LogP contribution in [0, 0.1) is 0 Å². The Balaban J connectivity index is 1.31. The van der Waals surface area contributed by atoms with Crippen molar-refractivity contribution in [2.75, 3.05) is 0 Å². The lowest BCUT2D eigenvalue weighted by Gasteiger charge is -2.36. The Morgan fingerprint density at radius 3 is 2.76 bits per heavy atom. The number of nitrogens with one attached hydrogen (secondary N) is 1. The van der Waals surface area contributed by atoms with Gasteiger partial charge in [0.25, 0.3) is 0 Å². The van der Waals surface area contributed by atoms with Gasteiger partial charge in [0, 0.05) is 23.1 Å². The Kier molecular flexibility index (Phi) is 5.04. The minimum Gasteiger partial charge on any atom is -0.358 e. The monoisotopic (exact) mass is 429 g/mol. The second-order valence-corrected chi connectivity index (χ2v) is 9.07. The second-order valence-electron chi connectivity index (χ2n) is 8.22. The predicted octanol–water partition coefficient (Wildman–Crippen LogP) is 5.28. The van der Waals surface area contributed by atoms with Crippen LogP contribution in [0.1, 0.15) is 56.9 Å². The highest BCUT2D eigenvalue weighted by molar-refractivity contribution is 6.30. The van der Waals surface area contributed by atoms with E-state index >= 15 is 0 Å². The Morgan fingerprint density at radius 2 is 1.97 bits per heavy atom. The highest BCUT2D eigenvalue weighted by Gasteiger charge is 2.36. The zero-order chi connectivity index (χ0) is 20.0. The molecule has 7 heteroatoms. The van der Waals surface area contributed by atoms with Gasteiger partial charge in [-0.2, -0.15) is 5.10 Å². The molecule has 5 nitrogen and oxygen atoms in total. The third-order valence-electron chi connectivity index (χ3n) is 6.63. The fraction of sp³-hybridized carbons (Fsp3) is 0.455. The quantitative estimate of drug-likeness (QED) is 0.649. The van der Waals surface area contributed by atoms with E-state index in [-0.39, 0.29) is 6.04 Å². The van der Waals surface area contributed by atoms with Crippen molar-refractivity contribution in [3.63, 3.8) is 0 Å². The number of rotatable bonds is 2. The normalized spacial score (nSPS) is 29.0. The van der Waals surface area contributed by atoms with E-state index in [2.05, 4.69) is 45.5 Å². The van der Waals surface area contributed by atoms with E-state index in [1.54, 1.807) is 6.20 Å². The lowest BCUT2D eigenvalue weighted by atomic mass is 9.82. The molecule has 5 rings (SSSR count). The summed E-state index contributed by atoms with van der Waals surface area (Å²) in [4.78, 5) is 6.54. The maximum atomic E-state index is 6.33. The smallest absolute Gasteiger partial charge is 0.147 e. The molecular weight excluding hydrogens is 405 g/mol. The zero-order valence-corrected chi connectivity index (χ0v) is 18.0. The third kappa shape index (κ3) is 3.44. The van der Waals surface area contributed by atoms with Crippen molar-refractivity contribution in [1.82, 2.24) is 20.2 Å². The van der Waals surface area contributed by atoms with Gasteiger partial charge in [0.05, 0.1) is 12.1 Å². The fourth-order valence-electron chi connectivity index (χ4n) is 4.99. The number of fused-ring (bicyclic) bond motifs is 1. The summed E-state index contributed by atoms with van der Waals surface area (Å²) in [7, 11) is 0. The van der Waals surface area contributed by atoms with Crippen molar-refractivity contribution in [2.24, 2.45) is 5.10 Å². The van der Waals surface area contributed by atoms with Crippen molar-refractivity contribution < 1.29 is 0 Å². The van der Waals surface area contributed by atoms with Crippen LogP contribution in [0.15, 0.2) is 57.8 Å². The van der Waals surface area contributed by atoms with Gasteiger partial charge in [-0.25, -0.2) is 9.99 Å². The second kappa shape index (κ2) is 7.69. The lowest BCUT2D eigenvalue weighted by molar-refractivity contribution is 0.177. The minimum absolute atomic E-state index is 0.270. The molecule has 2 aliphatic heterocycles. The largest absolute Gasteiger partial charge is 0.358 e. The summed E-state index contributed by atoms with van der Waals surface area (Å²) < 4.78 is 0. The molecule has 0 spiro atoms. The number of hydrazone groups is 1. The highest BCUT2D eigenvalue weighted by atomic mass is 35.5. The molecule has 0 radical (unpaired) electrons. The van der Waals surface area contributed by atoms with E-state index < -0.39 is 0 Å². The number of nitrogens with zero attached hydrogens (tertiary/aromatic N) is 4. The van der Waals surface area contributed by atoms with Gasteiger partial charge in [0.2, 0.25) is 0 Å². The van der Waals surface area contributed by atoms with E-state index in [1.807, 2.05) is 12.4 Å². The molecule has 1 atom stereocenters. The average Bonchev–Trinajstić information content (AvgIpc) is 3.11. The zero-order valence-electron chi connectivity index (χ0n) is 16.5. The Morgan fingerprint density at radius 1 is 1.14 bits per heavy atom. The van der Waals surface area contributed by atoms with Crippen molar-refractivity contribution in [1.29, 1.82) is 0 Å². The molecule has 4 aliphatic rings. The van der Waals surface area contributed by atoms with Crippen LogP contribution in [0.2, 0.25) is 5.15 Å². The number of hydrogen-bond donors (Lipinski definition) is 1. The van der Waals surface area contributed by atoms with Crippen LogP contribution in [0.4, 0.5) is 0 Å². The molecule has 1 aromatic heterocycles. The number of pyridine rings is 1. The molecule has 29 heavy (non-hydrogen) atoms. The summed E-state index contributed by atoms with van der Waals surface area (Å²) >= 11 is 12.6. The highest BCUT2D eigenvalue weighted by Crippen LogP contribution is 2.40. The van der Waals surface area contributed by atoms with Gasteiger partial charge < -0.3 is 10.2 Å². The van der Waals surface area contributed by atoms with Crippen LogP contribution in [-0.2, 0) is 0 Å². The standard InChI is InChI=1S/C22H25Cl2N5/c1-14-18-9-6-16(23)11-20(18)26-12-21-28(14)13-27-29(21)17-7-4-15(5-8-17)19-3-2-10-25-22(19)24/h2-3,10-15,17,26H,4-9H2,1H3. The van der Waals surface area contributed by atoms with Gasteiger partial charge in [-0.15, -0.1) is 0 Å². The summed E-state index contributed by atoms with van der Waals surface area (Å²) in [5, 5.41) is 12.1. The van der Waals surface area contributed by atoms with Crippen LogP contribution < -0.4 is 5.32 Å². The molecule has 0 bridgehead atoms. The van der Waals surface area contributed by atoms with Crippen molar-refractivity contribution in [3.05, 3.63) is 63.4 Å². The molecule has 1 fully saturated rings. The molecule has 1 unspecified atom stereocenters. The molecule has 0 saturated heterocycles. The number of halogens is 2. The summed E-state index contributed by atoms with van der Waals surface area (Å²) in [6.07, 6.45) is 14.2. The molecule has 2 aliphatic carbocycles. The molecule has 0 aromatic carbocycles. The Bertz CT molecular complexity index is 927. The van der Waals surface area contributed by atoms with Crippen LogP contribution in [0.25, 0.3) is 0 Å². The first-order valence-corrected chi connectivity index (χ1v) is 11.2. The lowest BCUT2D eigenvalue weighted by Crippen LogP contribution is -2.38. The molecule has 1 N–H and O–H groups in total. The average molecular weight is 430 g/mol. The first kappa shape index (κ1) is 19.0. The van der Waals surface area contributed by atoms with Crippen molar-refractivity contribution in [3.8, 4) is 0 Å². The van der Waals surface area contributed by atoms with Gasteiger partial charge in [0.1, 0.15) is 17.3 Å². The maximum absolute atomic E-state index is 6.33. The number of allylic oxidation sites excluding steroid dienone is 2. The number of hydrogen-bond acceptors (Lipinski definition) is 5. The van der Waals surface area contributed by atoms with Crippen LogP contribution in [0.3, 0.4) is 0 Å². The third-order valence-corrected chi connectivity index (χ3v) is 7.24. The molecular formula is C22H25Cl2N5. The Labute approximate surface area is 181 Å². The predicted molar refractivity (Wildman–Crippen MR) is 117 cm³/mol. The van der Waals surface area contributed by atoms with Gasteiger partial charge in [-0.1, -0.05) is 29.3 Å². The summed E-state index contributed by atoms with van der Waals surface area (Å²) in [6.45, 7) is 2.25. The van der Waals surface area contributed by atoms with Crippen LogP contribution in [-0.4, -0.2) is 33.3 Å². The number of aromatic nitrogens is 1. The van der Waals surface area contributed by atoms with Crippen molar-refractivity contribution >= 4 is 29.5 Å². The first-order chi connectivity index (χ1) is 14.1. The topological polar surface area (TPSA) is 43.8 Å². The van der Waals surface area contributed by atoms with E-state index in [4.69, 9.17) is 28.3 Å². The van der Waals surface area contributed by atoms with Gasteiger partial charge in [0.15, 0.2) is 0 Å². The van der Waals surface area contributed by atoms with E-state index in [9.17, 15) is 0 Å². The van der Waals surface area contributed by atoms with Gasteiger partial charge >= 0.3 is 0 Å². The summed E-state index contributed by atoms with van der Waals surface area (Å²) in [6, 6.07) is 4.77. The molecule has 1 aromatic rings. The van der Waals surface area contributed by atoms with Crippen LogP contribution >= 0.6 is 23.2 Å². The SMILES string of the molecule is CC1C2=C(C=C(Cl)CC2)NC=C2N1C=NN2C1CCC(c2cccnc2Cl)CC1. The Hall–Kier alpha value is -1.98. The van der Waals surface area contributed by atoms with E-state index in [1.165, 1.54) is 11.1 Å². The van der Waals surface area contributed by atoms with Gasteiger partial charge in [-0.05, 0) is 74.6 Å². The summed E-state index contributed by atoms with van der Waals surface area (Å²) in [5.41, 5.74) is 3.71.